The second-order valence-corrected chi connectivity index (χ2v) is 15.6. The molecule has 1 aromatic carbocycles. The average Bonchev–Trinajstić information content (AvgIpc) is 3.02. The normalized spacial score (nSPS) is 13.5. The summed E-state index contributed by atoms with van der Waals surface area (Å²) in [6, 6.07) is 6.74. The van der Waals surface area contributed by atoms with Gasteiger partial charge in [-0.3, -0.25) is 9.59 Å². The van der Waals surface area contributed by atoms with Crippen LogP contribution in [0, 0.1) is 33.5 Å². The van der Waals surface area contributed by atoms with Crippen LogP contribution >= 0.6 is 0 Å². The van der Waals surface area contributed by atoms with Crippen LogP contribution in [-0.2, 0) is 19.2 Å². The minimum absolute atomic E-state index is 0.0232. The molecule has 1 rings (SSSR count). The quantitative estimate of drug-likeness (QED) is 0.0286. The van der Waals surface area contributed by atoms with Crippen LogP contribution in [0.4, 0.5) is 0 Å². The summed E-state index contributed by atoms with van der Waals surface area (Å²) in [6.07, 6.45) is 9.11. The van der Waals surface area contributed by atoms with Gasteiger partial charge < -0.3 is 19.1 Å². The van der Waals surface area contributed by atoms with Gasteiger partial charge in [-0.2, -0.15) is 0 Å². The third-order valence-corrected chi connectivity index (χ3v) is 8.52. The maximum Gasteiger partial charge on any atom is 0.314 e. The molecule has 284 valence electrons. The van der Waals surface area contributed by atoms with Crippen molar-refractivity contribution >= 4 is 18.0 Å². The standard InChI is InChI=1S/C33H50O4.C4H11NO2.C3H8.C2H6/c1-13-15-23(14-2)28(35)24-16-18-26(19-17-24)37-29(36)27(31(6,7)8)21-32(9,10)33(11,12)25(22-34)20-30(3,4)5;1-6-4-3-5-7-2;1-3-2;1-2/h13-19,22,25,27H,20-21H2,1-12H3;5H,3-4H2,1-2H3;3H2,1-2H3;1-2H3/b15-13-,23-14+;;;. The van der Waals surface area contributed by atoms with Crippen molar-refractivity contribution in [2.24, 2.45) is 33.5 Å². The van der Waals surface area contributed by atoms with E-state index in [1.165, 1.54) is 6.42 Å². The Balaban J connectivity index is -0.00000151. The molecular formula is C42H75NO6. The number of nitrogens with one attached hydrogen (secondary N) is 1. The molecule has 0 aliphatic carbocycles. The third-order valence-electron chi connectivity index (χ3n) is 8.52. The highest BCUT2D eigenvalue weighted by Gasteiger charge is 2.48. The molecular weight excluding hydrogens is 614 g/mol. The fraction of sp³-hybridized carbons (Fsp3) is 0.690. The van der Waals surface area contributed by atoms with E-state index in [4.69, 9.17) is 9.47 Å². The average molecular weight is 690 g/mol. The Bertz CT molecular complexity index is 1100. The number of Topliss-reactive ketones (excluding diaryl/α,β-unsaturated/α-hetero) is 1. The highest BCUT2D eigenvalue weighted by molar-refractivity contribution is 6.10. The molecule has 2 atom stereocenters. The van der Waals surface area contributed by atoms with Gasteiger partial charge in [0.1, 0.15) is 12.0 Å². The van der Waals surface area contributed by atoms with Crippen molar-refractivity contribution in [2.45, 2.75) is 130 Å². The monoisotopic (exact) mass is 690 g/mol. The number of benzene rings is 1. The van der Waals surface area contributed by atoms with Crippen LogP contribution in [0.5, 0.6) is 5.75 Å². The number of hydrogen-bond donors (Lipinski definition) is 1. The van der Waals surface area contributed by atoms with Gasteiger partial charge in [0, 0.05) is 30.7 Å². The van der Waals surface area contributed by atoms with E-state index in [0.717, 1.165) is 19.3 Å². The summed E-state index contributed by atoms with van der Waals surface area (Å²) in [7, 11) is 3.23. The number of ether oxygens (including phenoxy) is 2. The lowest BCUT2D eigenvalue weighted by atomic mass is 9.55. The van der Waals surface area contributed by atoms with Gasteiger partial charge in [0.25, 0.3) is 0 Å². The Morgan fingerprint density at radius 3 is 1.73 bits per heavy atom. The van der Waals surface area contributed by atoms with Gasteiger partial charge in [-0.25, -0.2) is 5.48 Å². The molecule has 0 saturated carbocycles. The summed E-state index contributed by atoms with van der Waals surface area (Å²) in [4.78, 5) is 42.9. The molecule has 0 bridgehead atoms. The first-order chi connectivity index (χ1) is 22.6. The Hall–Kier alpha value is -2.61. The van der Waals surface area contributed by atoms with E-state index in [9.17, 15) is 14.4 Å². The number of carbonyl (C=O) groups excluding carboxylic acids is 3. The molecule has 1 aromatic rings. The van der Waals surface area contributed by atoms with E-state index in [-0.39, 0.29) is 45.2 Å². The van der Waals surface area contributed by atoms with Crippen LogP contribution in [0.25, 0.3) is 0 Å². The molecule has 0 fully saturated rings. The zero-order chi connectivity index (χ0) is 39.1. The van der Waals surface area contributed by atoms with Gasteiger partial charge in [-0.05, 0) is 72.6 Å². The Labute approximate surface area is 302 Å². The molecule has 49 heavy (non-hydrogen) atoms. The van der Waals surface area contributed by atoms with Crippen molar-refractivity contribution < 1.29 is 28.7 Å². The van der Waals surface area contributed by atoms with Crippen molar-refractivity contribution in [3.05, 3.63) is 53.6 Å². The van der Waals surface area contributed by atoms with E-state index in [0.29, 0.717) is 29.9 Å². The first-order valence-corrected chi connectivity index (χ1v) is 18.0. The van der Waals surface area contributed by atoms with Crippen LogP contribution < -0.4 is 10.2 Å². The molecule has 0 heterocycles. The molecule has 0 radical (unpaired) electrons. The molecule has 0 saturated heterocycles. The van der Waals surface area contributed by atoms with Gasteiger partial charge in [0.05, 0.1) is 19.6 Å². The van der Waals surface area contributed by atoms with E-state index in [2.05, 4.69) is 93.4 Å². The number of esters is 1. The van der Waals surface area contributed by atoms with Gasteiger partial charge in [0.2, 0.25) is 0 Å². The molecule has 0 aliphatic heterocycles. The number of methoxy groups -OCH3 is 1. The Morgan fingerprint density at radius 1 is 0.857 bits per heavy atom. The molecule has 2 unspecified atom stereocenters. The maximum absolute atomic E-state index is 13.5. The fourth-order valence-electron chi connectivity index (χ4n) is 4.91. The zero-order valence-electron chi connectivity index (χ0n) is 34.8. The van der Waals surface area contributed by atoms with Crippen molar-refractivity contribution in [1.82, 2.24) is 5.48 Å². The molecule has 7 nitrogen and oxygen atoms in total. The number of hydrogen-bond acceptors (Lipinski definition) is 7. The van der Waals surface area contributed by atoms with Gasteiger partial charge in [0.15, 0.2) is 5.78 Å². The zero-order valence-corrected chi connectivity index (χ0v) is 34.8. The summed E-state index contributed by atoms with van der Waals surface area (Å²) in [5.41, 5.74) is 2.82. The number of aldehydes is 1. The minimum Gasteiger partial charge on any atom is -0.426 e. The number of carbonyl (C=O) groups is 3. The predicted octanol–water partition coefficient (Wildman–Crippen LogP) is 10.9. The third kappa shape index (κ3) is 20.0. The predicted molar refractivity (Wildman–Crippen MR) is 208 cm³/mol. The molecule has 7 heteroatoms. The smallest absolute Gasteiger partial charge is 0.314 e. The summed E-state index contributed by atoms with van der Waals surface area (Å²) in [6.45, 7) is 34.6. The van der Waals surface area contributed by atoms with Crippen molar-refractivity contribution in [1.29, 1.82) is 0 Å². The van der Waals surface area contributed by atoms with Crippen molar-refractivity contribution in [2.75, 3.05) is 27.4 Å². The van der Waals surface area contributed by atoms with E-state index >= 15 is 0 Å². The fourth-order valence-corrected chi connectivity index (χ4v) is 4.91. The Kier molecular flexibility index (Phi) is 26.3. The lowest BCUT2D eigenvalue weighted by Crippen LogP contribution is -2.45. The first kappa shape index (κ1) is 50.8. The first-order valence-electron chi connectivity index (χ1n) is 18.0. The summed E-state index contributed by atoms with van der Waals surface area (Å²) in [5.74, 6) is -0.463. The number of rotatable bonds is 15. The molecule has 0 aromatic heterocycles. The van der Waals surface area contributed by atoms with Crippen molar-refractivity contribution in [3.8, 4) is 5.75 Å². The Morgan fingerprint density at radius 2 is 1.37 bits per heavy atom. The minimum atomic E-state index is -0.380. The highest BCUT2D eigenvalue weighted by Crippen LogP contribution is 2.52. The largest absolute Gasteiger partial charge is 0.426 e. The summed E-state index contributed by atoms with van der Waals surface area (Å²) >= 11 is 0. The van der Waals surface area contributed by atoms with Crippen LogP contribution in [0.1, 0.15) is 140 Å². The number of allylic oxidation sites excluding steroid dienone is 4. The number of hydroxylamine groups is 1. The molecule has 0 amide bonds. The molecule has 0 spiro atoms. The van der Waals surface area contributed by atoms with Crippen LogP contribution in [0.15, 0.2) is 48.1 Å². The SMILES string of the molecule is C/C=C\C(=C/C)C(=O)c1ccc(OC(=O)C(CC(C)(C)C(C)(C)C(C=O)CC(C)(C)C)C(C)(C)C)cc1.CC.CCC.COCCNOC. The lowest BCUT2D eigenvalue weighted by molar-refractivity contribution is -0.146. The summed E-state index contributed by atoms with van der Waals surface area (Å²) in [5, 5.41) is 0. The second kappa shape index (κ2) is 25.4. The van der Waals surface area contributed by atoms with E-state index in [1.54, 1.807) is 50.6 Å². The summed E-state index contributed by atoms with van der Waals surface area (Å²) < 4.78 is 10.6. The molecule has 0 aliphatic rings. The topological polar surface area (TPSA) is 90.9 Å². The maximum atomic E-state index is 13.5. The lowest BCUT2D eigenvalue weighted by Gasteiger charge is -2.49. The van der Waals surface area contributed by atoms with Gasteiger partial charge in [-0.15, -0.1) is 0 Å². The van der Waals surface area contributed by atoms with Crippen LogP contribution in [0.2, 0.25) is 0 Å². The second-order valence-electron chi connectivity index (χ2n) is 15.6. The van der Waals surface area contributed by atoms with E-state index in [1.807, 2.05) is 33.8 Å². The van der Waals surface area contributed by atoms with Gasteiger partial charge >= 0.3 is 5.97 Å². The highest BCUT2D eigenvalue weighted by atomic mass is 16.6. The van der Waals surface area contributed by atoms with Crippen LogP contribution in [-0.4, -0.2) is 45.4 Å². The van der Waals surface area contributed by atoms with E-state index < -0.39 is 0 Å². The number of ketones is 1. The van der Waals surface area contributed by atoms with Gasteiger partial charge in [-0.1, -0.05) is 122 Å². The van der Waals surface area contributed by atoms with Crippen LogP contribution in [0.3, 0.4) is 0 Å². The molecule has 1 N–H and O–H groups in total. The van der Waals surface area contributed by atoms with Crippen molar-refractivity contribution in [3.63, 3.8) is 0 Å².